The minimum absolute atomic E-state index is 0.457. The maximum absolute atomic E-state index is 5.76. The number of rotatable bonds is 5. The minimum Gasteiger partial charge on any atom is -0.385 e. The lowest BCUT2D eigenvalue weighted by Crippen LogP contribution is -2.39. The van der Waals surface area contributed by atoms with Crippen molar-refractivity contribution in [1.82, 2.24) is 0 Å². The number of nitrogens with two attached hydrogens (primary N) is 1. The highest BCUT2D eigenvalue weighted by Gasteiger charge is 2.25. The van der Waals surface area contributed by atoms with Gasteiger partial charge in [-0.15, -0.1) is 0 Å². The van der Waals surface area contributed by atoms with Crippen LogP contribution in [-0.4, -0.2) is 12.6 Å². The van der Waals surface area contributed by atoms with Gasteiger partial charge in [0.2, 0.25) is 0 Å². The number of anilines is 1. The zero-order valence-corrected chi connectivity index (χ0v) is 10.1. The Hall–Kier alpha value is -1.02. The van der Waals surface area contributed by atoms with Crippen LogP contribution in [-0.2, 0) is 6.42 Å². The summed E-state index contributed by atoms with van der Waals surface area (Å²) in [5.41, 5.74) is 8.43. The Morgan fingerprint density at radius 2 is 1.94 bits per heavy atom. The molecular weight excluding hydrogens is 196 g/mol. The third kappa shape index (κ3) is 2.99. The molecule has 1 aromatic carbocycles. The van der Waals surface area contributed by atoms with Gasteiger partial charge in [-0.2, -0.15) is 0 Å². The van der Waals surface area contributed by atoms with Gasteiger partial charge in [-0.3, -0.25) is 0 Å². The maximum Gasteiger partial charge on any atom is 0.0340 e. The second kappa shape index (κ2) is 5.35. The monoisotopic (exact) mass is 218 g/mol. The van der Waals surface area contributed by atoms with Crippen molar-refractivity contribution in [3.05, 3.63) is 29.8 Å². The van der Waals surface area contributed by atoms with Gasteiger partial charge in [-0.05, 0) is 42.9 Å². The average molecular weight is 218 g/mol. The molecule has 0 unspecified atom stereocenters. The zero-order chi connectivity index (χ0) is 11.4. The Morgan fingerprint density at radius 1 is 1.25 bits per heavy atom. The first-order chi connectivity index (χ1) is 7.78. The molecule has 0 heterocycles. The highest BCUT2D eigenvalue weighted by atomic mass is 14.9. The third-order valence-corrected chi connectivity index (χ3v) is 3.36. The molecule has 1 aliphatic carbocycles. The summed E-state index contributed by atoms with van der Waals surface area (Å²) >= 11 is 0. The molecule has 3 N–H and O–H groups in total. The molecule has 16 heavy (non-hydrogen) atoms. The number of hydrogen-bond acceptors (Lipinski definition) is 2. The van der Waals surface area contributed by atoms with Crippen molar-refractivity contribution in [2.75, 3.05) is 11.9 Å². The van der Waals surface area contributed by atoms with Crippen molar-refractivity contribution in [3.63, 3.8) is 0 Å². The summed E-state index contributed by atoms with van der Waals surface area (Å²) in [7, 11) is 0. The molecule has 0 radical (unpaired) electrons. The van der Waals surface area contributed by atoms with E-state index in [-0.39, 0.29) is 0 Å². The van der Waals surface area contributed by atoms with E-state index in [9.17, 15) is 0 Å². The molecule has 1 saturated carbocycles. The summed E-state index contributed by atoms with van der Waals surface area (Å²) in [4.78, 5) is 0. The van der Waals surface area contributed by atoms with Crippen LogP contribution >= 0.6 is 0 Å². The molecule has 0 aliphatic heterocycles. The normalized spacial score (nSPS) is 23.9. The Balaban J connectivity index is 1.76. The van der Waals surface area contributed by atoms with Gasteiger partial charge in [0.05, 0.1) is 0 Å². The number of aryl methyl sites for hydroxylation is 1. The molecule has 0 spiro atoms. The summed E-state index contributed by atoms with van der Waals surface area (Å²) in [5, 5.41) is 3.48. The van der Waals surface area contributed by atoms with Gasteiger partial charge in [0.1, 0.15) is 0 Å². The number of hydrogen-bond donors (Lipinski definition) is 2. The molecule has 0 aromatic heterocycles. The summed E-state index contributed by atoms with van der Waals surface area (Å²) < 4.78 is 0. The van der Waals surface area contributed by atoms with Gasteiger partial charge in [-0.1, -0.05) is 25.5 Å². The van der Waals surface area contributed by atoms with E-state index in [1.807, 2.05) is 0 Å². The highest BCUT2D eigenvalue weighted by molar-refractivity contribution is 5.44. The molecule has 1 aliphatic rings. The van der Waals surface area contributed by atoms with Crippen molar-refractivity contribution >= 4 is 5.69 Å². The molecule has 0 amide bonds. The van der Waals surface area contributed by atoms with Gasteiger partial charge in [0.25, 0.3) is 0 Å². The van der Waals surface area contributed by atoms with E-state index in [2.05, 4.69) is 36.5 Å². The maximum atomic E-state index is 5.76. The lowest BCUT2D eigenvalue weighted by Gasteiger charge is -2.32. The second-order valence-electron chi connectivity index (χ2n) is 4.93. The van der Waals surface area contributed by atoms with Crippen LogP contribution in [0.15, 0.2) is 24.3 Å². The fourth-order valence-electron chi connectivity index (χ4n) is 2.29. The average Bonchev–Trinajstić information content (AvgIpc) is 2.25. The van der Waals surface area contributed by atoms with E-state index in [4.69, 9.17) is 5.73 Å². The lowest BCUT2D eigenvalue weighted by atomic mass is 9.81. The van der Waals surface area contributed by atoms with E-state index < -0.39 is 0 Å². The Labute approximate surface area is 98.2 Å². The number of nitrogens with one attached hydrogen (secondary N) is 1. The van der Waals surface area contributed by atoms with E-state index >= 15 is 0 Å². The molecule has 0 saturated heterocycles. The van der Waals surface area contributed by atoms with Crippen molar-refractivity contribution in [1.29, 1.82) is 0 Å². The van der Waals surface area contributed by atoms with E-state index in [0.717, 1.165) is 12.5 Å². The van der Waals surface area contributed by atoms with Crippen molar-refractivity contribution in [3.8, 4) is 0 Å². The molecule has 88 valence electrons. The van der Waals surface area contributed by atoms with Crippen LogP contribution in [0.5, 0.6) is 0 Å². The van der Waals surface area contributed by atoms with Crippen LogP contribution in [0.2, 0.25) is 0 Å². The number of benzene rings is 1. The third-order valence-electron chi connectivity index (χ3n) is 3.36. The summed E-state index contributed by atoms with van der Waals surface area (Å²) in [5.74, 6) is 0.783. The van der Waals surface area contributed by atoms with Crippen LogP contribution in [0.4, 0.5) is 5.69 Å². The SMILES string of the molecule is CCCc1ccc(NCC2CC(N)C2)cc1. The molecule has 0 atom stereocenters. The van der Waals surface area contributed by atoms with Crippen molar-refractivity contribution < 1.29 is 0 Å². The van der Waals surface area contributed by atoms with Gasteiger partial charge in [0.15, 0.2) is 0 Å². The van der Waals surface area contributed by atoms with Crippen LogP contribution in [0.25, 0.3) is 0 Å². The Morgan fingerprint density at radius 3 is 2.50 bits per heavy atom. The zero-order valence-electron chi connectivity index (χ0n) is 10.1. The molecular formula is C14H22N2. The summed E-state index contributed by atoms with van der Waals surface area (Å²) in [6.45, 7) is 3.28. The molecule has 1 aromatic rings. The van der Waals surface area contributed by atoms with Gasteiger partial charge < -0.3 is 11.1 Å². The molecule has 2 rings (SSSR count). The first-order valence-electron chi connectivity index (χ1n) is 6.36. The molecule has 2 nitrogen and oxygen atoms in total. The van der Waals surface area contributed by atoms with Gasteiger partial charge in [0, 0.05) is 18.3 Å². The van der Waals surface area contributed by atoms with Crippen LogP contribution < -0.4 is 11.1 Å². The van der Waals surface area contributed by atoms with E-state index in [0.29, 0.717) is 6.04 Å². The van der Waals surface area contributed by atoms with Crippen LogP contribution in [0, 0.1) is 5.92 Å². The largest absolute Gasteiger partial charge is 0.385 e. The Kier molecular flexibility index (Phi) is 3.83. The summed E-state index contributed by atoms with van der Waals surface area (Å²) in [6, 6.07) is 9.27. The highest BCUT2D eigenvalue weighted by Crippen LogP contribution is 2.25. The molecule has 2 heteroatoms. The fourth-order valence-corrected chi connectivity index (χ4v) is 2.29. The first-order valence-corrected chi connectivity index (χ1v) is 6.36. The summed E-state index contributed by atoms with van der Waals surface area (Å²) in [6.07, 6.45) is 4.76. The van der Waals surface area contributed by atoms with Crippen molar-refractivity contribution in [2.24, 2.45) is 11.7 Å². The van der Waals surface area contributed by atoms with Gasteiger partial charge in [-0.25, -0.2) is 0 Å². The topological polar surface area (TPSA) is 38.0 Å². The Bertz CT molecular complexity index is 312. The van der Waals surface area contributed by atoms with E-state index in [1.165, 1.54) is 36.9 Å². The predicted octanol–water partition coefficient (Wildman–Crippen LogP) is 2.79. The molecule has 0 bridgehead atoms. The van der Waals surface area contributed by atoms with Crippen molar-refractivity contribution in [2.45, 2.75) is 38.6 Å². The smallest absolute Gasteiger partial charge is 0.0340 e. The predicted molar refractivity (Wildman–Crippen MR) is 69.6 cm³/mol. The first kappa shape index (κ1) is 11.5. The standard InChI is InChI=1S/C14H22N2/c1-2-3-11-4-6-14(7-5-11)16-10-12-8-13(15)9-12/h4-7,12-13,16H,2-3,8-10,15H2,1H3. The van der Waals surface area contributed by atoms with Gasteiger partial charge >= 0.3 is 0 Å². The fraction of sp³-hybridized carbons (Fsp3) is 0.571. The lowest BCUT2D eigenvalue weighted by molar-refractivity contribution is 0.280. The quantitative estimate of drug-likeness (QED) is 0.797. The van der Waals surface area contributed by atoms with Crippen LogP contribution in [0.1, 0.15) is 31.7 Å². The molecule has 1 fully saturated rings. The second-order valence-corrected chi connectivity index (χ2v) is 4.93. The van der Waals surface area contributed by atoms with E-state index in [1.54, 1.807) is 0 Å². The van der Waals surface area contributed by atoms with Crippen LogP contribution in [0.3, 0.4) is 0 Å². The minimum atomic E-state index is 0.457.